The SMILES string of the molecule is CC1CN(C(=O)c2ccc(N3CCC(Cc4ccccc4)CC3)nn2)CC(C)O1. The van der Waals surface area contributed by atoms with E-state index in [0.29, 0.717) is 24.7 Å². The van der Waals surface area contributed by atoms with Crippen molar-refractivity contribution in [2.24, 2.45) is 5.92 Å². The zero-order valence-electron chi connectivity index (χ0n) is 17.3. The van der Waals surface area contributed by atoms with E-state index in [-0.39, 0.29) is 18.1 Å². The summed E-state index contributed by atoms with van der Waals surface area (Å²) in [5.74, 6) is 1.52. The molecule has 4 rings (SSSR count). The molecule has 6 heteroatoms. The molecule has 0 radical (unpaired) electrons. The zero-order chi connectivity index (χ0) is 20.2. The Labute approximate surface area is 172 Å². The van der Waals surface area contributed by atoms with Gasteiger partial charge in [0.2, 0.25) is 0 Å². The number of rotatable bonds is 4. The zero-order valence-corrected chi connectivity index (χ0v) is 17.3. The molecule has 2 aromatic rings. The van der Waals surface area contributed by atoms with Crippen LogP contribution in [0.4, 0.5) is 5.82 Å². The minimum Gasteiger partial charge on any atom is -0.372 e. The van der Waals surface area contributed by atoms with E-state index < -0.39 is 0 Å². The smallest absolute Gasteiger partial charge is 0.274 e. The van der Waals surface area contributed by atoms with Gasteiger partial charge in [-0.1, -0.05) is 30.3 Å². The maximum absolute atomic E-state index is 12.7. The van der Waals surface area contributed by atoms with Crippen molar-refractivity contribution in [3.8, 4) is 0 Å². The Morgan fingerprint density at radius 3 is 2.31 bits per heavy atom. The molecular weight excluding hydrogens is 364 g/mol. The molecule has 0 saturated carbocycles. The van der Waals surface area contributed by atoms with Gasteiger partial charge >= 0.3 is 0 Å². The summed E-state index contributed by atoms with van der Waals surface area (Å²) in [6.07, 6.45) is 3.55. The fourth-order valence-electron chi connectivity index (χ4n) is 4.43. The maximum atomic E-state index is 12.7. The van der Waals surface area contributed by atoms with Gasteiger partial charge in [0, 0.05) is 26.2 Å². The summed E-state index contributed by atoms with van der Waals surface area (Å²) in [6.45, 7) is 7.15. The molecule has 154 valence electrons. The highest BCUT2D eigenvalue weighted by atomic mass is 16.5. The van der Waals surface area contributed by atoms with E-state index in [0.717, 1.165) is 38.2 Å². The number of carbonyl (C=O) groups excluding carboxylic acids is 1. The number of anilines is 1. The molecular formula is C23H30N4O2. The van der Waals surface area contributed by atoms with Crippen molar-refractivity contribution in [1.82, 2.24) is 15.1 Å². The second-order valence-electron chi connectivity index (χ2n) is 8.36. The highest BCUT2D eigenvalue weighted by molar-refractivity contribution is 5.92. The van der Waals surface area contributed by atoms with Crippen LogP contribution in [-0.4, -0.2) is 59.4 Å². The number of hydrogen-bond donors (Lipinski definition) is 0. The van der Waals surface area contributed by atoms with E-state index in [9.17, 15) is 4.79 Å². The van der Waals surface area contributed by atoms with Gasteiger partial charge in [0.05, 0.1) is 12.2 Å². The normalized spacial score (nSPS) is 23.2. The van der Waals surface area contributed by atoms with E-state index in [2.05, 4.69) is 45.4 Å². The van der Waals surface area contributed by atoms with Crippen LogP contribution in [0.3, 0.4) is 0 Å². The Morgan fingerprint density at radius 2 is 1.69 bits per heavy atom. The predicted octanol–water partition coefficient (Wildman–Crippen LogP) is 3.19. The van der Waals surface area contributed by atoms with Crippen LogP contribution < -0.4 is 4.90 Å². The van der Waals surface area contributed by atoms with E-state index in [1.54, 1.807) is 0 Å². The molecule has 0 aliphatic carbocycles. The largest absolute Gasteiger partial charge is 0.372 e. The molecule has 2 atom stereocenters. The highest BCUT2D eigenvalue weighted by Crippen LogP contribution is 2.24. The molecule has 3 heterocycles. The van der Waals surface area contributed by atoms with Gasteiger partial charge in [-0.3, -0.25) is 4.79 Å². The third-order valence-corrected chi connectivity index (χ3v) is 5.88. The van der Waals surface area contributed by atoms with E-state index >= 15 is 0 Å². The van der Waals surface area contributed by atoms with Gasteiger partial charge < -0.3 is 14.5 Å². The van der Waals surface area contributed by atoms with Gasteiger partial charge in [-0.25, -0.2) is 0 Å². The topological polar surface area (TPSA) is 58.6 Å². The number of amides is 1. The molecule has 0 bridgehead atoms. The summed E-state index contributed by atoms with van der Waals surface area (Å²) >= 11 is 0. The first-order chi connectivity index (χ1) is 14.1. The van der Waals surface area contributed by atoms with Crippen molar-refractivity contribution < 1.29 is 9.53 Å². The Bertz CT molecular complexity index is 793. The minimum atomic E-state index is -0.0624. The Kier molecular flexibility index (Phi) is 6.09. The van der Waals surface area contributed by atoms with Gasteiger partial charge in [0.25, 0.3) is 5.91 Å². The monoisotopic (exact) mass is 394 g/mol. The summed E-state index contributed by atoms with van der Waals surface area (Å²) in [5.41, 5.74) is 1.83. The number of aromatic nitrogens is 2. The highest BCUT2D eigenvalue weighted by Gasteiger charge is 2.28. The van der Waals surface area contributed by atoms with E-state index in [1.807, 2.05) is 30.9 Å². The minimum absolute atomic E-state index is 0.0483. The van der Waals surface area contributed by atoms with Crippen LogP contribution >= 0.6 is 0 Å². The van der Waals surface area contributed by atoms with Crippen LogP contribution in [0.25, 0.3) is 0 Å². The van der Waals surface area contributed by atoms with Crippen molar-refractivity contribution in [3.63, 3.8) is 0 Å². The number of piperidine rings is 1. The quantitative estimate of drug-likeness (QED) is 0.797. The number of ether oxygens (including phenoxy) is 1. The lowest BCUT2D eigenvalue weighted by atomic mass is 9.90. The van der Waals surface area contributed by atoms with Crippen LogP contribution in [0.2, 0.25) is 0 Å². The molecule has 1 aromatic carbocycles. The summed E-state index contributed by atoms with van der Waals surface area (Å²) in [6, 6.07) is 14.5. The van der Waals surface area contributed by atoms with Crippen LogP contribution in [-0.2, 0) is 11.2 Å². The number of benzene rings is 1. The van der Waals surface area contributed by atoms with Gasteiger partial charge in [-0.05, 0) is 56.7 Å². The van der Waals surface area contributed by atoms with Gasteiger partial charge in [-0.2, -0.15) is 0 Å². The molecule has 6 nitrogen and oxygen atoms in total. The van der Waals surface area contributed by atoms with Crippen molar-refractivity contribution in [2.45, 2.75) is 45.3 Å². The summed E-state index contributed by atoms with van der Waals surface area (Å²) in [5, 5.41) is 8.60. The fraction of sp³-hybridized carbons (Fsp3) is 0.522. The molecule has 0 N–H and O–H groups in total. The number of nitrogens with zero attached hydrogens (tertiary/aromatic N) is 4. The Morgan fingerprint density at radius 1 is 1.00 bits per heavy atom. The van der Waals surface area contributed by atoms with E-state index in [1.165, 1.54) is 5.56 Å². The lowest BCUT2D eigenvalue weighted by Crippen LogP contribution is -2.48. The lowest BCUT2D eigenvalue weighted by molar-refractivity contribution is -0.0587. The predicted molar refractivity (Wildman–Crippen MR) is 113 cm³/mol. The first kappa shape index (κ1) is 19.8. The van der Waals surface area contributed by atoms with Crippen molar-refractivity contribution in [3.05, 3.63) is 53.7 Å². The standard InChI is InChI=1S/C23H30N4O2/c1-17-15-27(16-18(2)29-17)23(28)21-8-9-22(25-24-21)26-12-10-20(11-13-26)14-19-6-4-3-5-7-19/h3-9,17-18,20H,10-16H2,1-2H3. The molecule has 1 amide bonds. The lowest BCUT2D eigenvalue weighted by Gasteiger charge is -2.35. The Hall–Kier alpha value is -2.47. The van der Waals surface area contributed by atoms with Crippen molar-refractivity contribution in [1.29, 1.82) is 0 Å². The summed E-state index contributed by atoms with van der Waals surface area (Å²) in [4.78, 5) is 16.8. The maximum Gasteiger partial charge on any atom is 0.274 e. The van der Waals surface area contributed by atoms with E-state index in [4.69, 9.17) is 4.74 Å². The van der Waals surface area contributed by atoms with Crippen LogP contribution in [0.15, 0.2) is 42.5 Å². The molecule has 2 saturated heterocycles. The second-order valence-corrected chi connectivity index (χ2v) is 8.36. The van der Waals surface area contributed by atoms with Crippen LogP contribution in [0, 0.1) is 5.92 Å². The Balaban J connectivity index is 1.32. The molecule has 29 heavy (non-hydrogen) atoms. The third-order valence-electron chi connectivity index (χ3n) is 5.88. The summed E-state index contributed by atoms with van der Waals surface area (Å²) in [7, 11) is 0. The average Bonchev–Trinajstić information content (AvgIpc) is 2.74. The second kappa shape index (κ2) is 8.91. The number of carbonyl (C=O) groups is 1. The van der Waals surface area contributed by atoms with Gasteiger partial charge in [-0.15, -0.1) is 10.2 Å². The number of hydrogen-bond acceptors (Lipinski definition) is 5. The van der Waals surface area contributed by atoms with Gasteiger partial charge in [0.15, 0.2) is 11.5 Å². The summed E-state index contributed by atoms with van der Waals surface area (Å²) < 4.78 is 5.71. The molecule has 2 fully saturated rings. The first-order valence-electron chi connectivity index (χ1n) is 10.7. The molecule has 0 spiro atoms. The van der Waals surface area contributed by atoms with Crippen molar-refractivity contribution in [2.75, 3.05) is 31.1 Å². The number of morpholine rings is 1. The molecule has 2 unspecified atom stereocenters. The first-order valence-corrected chi connectivity index (χ1v) is 10.7. The molecule has 1 aromatic heterocycles. The molecule has 2 aliphatic heterocycles. The average molecular weight is 395 g/mol. The van der Waals surface area contributed by atoms with Crippen LogP contribution in [0.5, 0.6) is 0 Å². The van der Waals surface area contributed by atoms with Crippen molar-refractivity contribution >= 4 is 11.7 Å². The molecule has 2 aliphatic rings. The third kappa shape index (κ3) is 4.93. The fourth-order valence-corrected chi connectivity index (χ4v) is 4.43. The van der Waals surface area contributed by atoms with Gasteiger partial charge in [0.1, 0.15) is 0 Å². The van der Waals surface area contributed by atoms with Crippen LogP contribution in [0.1, 0.15) is 42.7 Å².